The summed E-state index contributed by atoms with van der Waals surface area (Å²) in [7, 11) is 0. The normalized spacial score (nSPS) is 18.0. The van der Waals surface area contributed by atoms with E-state index in [0.717, 1.165) is 12.1 Å². The molecule has 2 aliphatic rings. The van der Waals surface area contributed by atoms with Crippen LogP contribution in [0.1, 0.15) is 44.8 Å². The summed E-state index contributed by atoms with van der Waals surface area (Å²) in [6.45, 7) is 1.76. The average Bonchev–Trinajstić information content (AvgIpc) is 3.25. The molecule has 4 amide bonds. The van der Waals surface area contributed by atoms with Crippen LogP contribution in [0.4, 0.5) is 14.5 Å². The Balaban J connectivity index is 1.38. The maximum Gasteiger partial charge on any atom is 0.272 e. The maximum absolute atomic E-state index is 14.1. The molecule has 5 rings (SSSR count). The Labute approximate surface area is 185 Å². The van der Waals surface area contributed by atoms with E-state index in [0.29, 0.717) is 22.4 Å². The Hall–Kier alpha value is -4.08. The third-order valence-corrected chi connectivity index (χ3v) is 6.09. The zero-order chi connectivity index (χ0) is 23.4. The van der Waals surface area contributed by atoms with Gasteiger partial charge in [0, 0.05) is 35.7 Å². The van der Waals surface area contributed by atoms with E-state index in [1.54, 1.807) is 25.1 Å². The molecule has 1 aromatic heterocycles. The number of nitrogens with zero attached hydrogens (tertiary/aromatic N) is 1. The number of aryl methyl sites for hydroxylation is 1. The predicted octanol–water partition coefficient (Wildman–Crippen LogP) is 2.77. The summed E-state index contributed by atoms with van der Waals surface area (Å²) in [5, 5.41) is 5.23. The smallest absolute Gasteiger partial charge is 0.272 e. The number of halogens is 2. The number of fused-ring (bicyclic) bond motifs is 2. The summed E-state index contributed by atoms with van der Waals surface area (Å²) >= 11 is 0. The van der Waals surface area contributed by atoms with Crippen LogP contribution in [0.5, 0.6) is 0 Å². The van der Waals surface area contributed by atoms with Gasteiger partial charge in [-0.3, -0.25) is 24.5 Å². The van der Waals surface area contributed by atoms with Gasteiger partial charge >= 0.3 is 0 Å². The van der Waals surface area contributed by atoms with Crippen LogP contribution in [0.2, 0.25) is 0 Å². The fourth-order valence-corrected chi connectivity index (χ4v) is 4.42. The van der Waals surface area contributed by atoms with Crippen molar-refractivity contribution in [1.29, 1.82) is 0 Å². The van der Waals surface area contributed by atoms with Gasteiger partial charge in [0.1, 0.15) is 23.4 Å². The first-order valence-electron chi connectivity index (χ1n) is 10.3. The SMILES string of the molecule is Cc1c(C(=O)Nc2ccc3c(c2)CN(C2CCC(=O)NC2=O)C3=O)[nH]c2c(F)cc(F)cc12. The first-order chi connectivity index (χ1) is 15.7. The van der Waals surface area contributed by atoms with Crippen LogP contribution >= 0.6 is 0 Å². The molecule has 1 unspecified atom stereocenters. The minimum absolute atomic E-state index is 0.0403. The molecule has 10 heteroatoms. The third-order valence-electron chi connectivity index (χ3n) is 6.09. The van der Waals surface area contributed by atoms with Gasteiger partial charge in [0.05, 0.1) is 5.52 Å². The molecule has 2 aromatic carbocycles. The highest BCUT2D eigenvalue weighted by Gasteiger charge is 2.39. The van der Waals surface area contributed by atoms with Crippen molar-refractivity contribution in [1.82, 2.24) is 15.2 Å². The molecule has 1 atom stereocenters. The number of piperidine rings is 1. The lowest BCUT2D eigenvalue weighted by molar-refractivity contribution is -0.136. The first-order valence-corrected chi connectivity index (χ1v) is 10.3. The molecule has 0 aliphatic carbocycles. The molecular weight excluding hydrogens is 434 g/mol. The number of aromatic amines is 1. The summed E-state index contributed by atoms with van der Waals surface area (Å²) in [5.41, 5.74) is 1.98. The molecule has 0 radical (unpaired) electrons. The van der Waals surface area contributed by atoms with Crippen molar-refractivity contribution >= 4 is 40.2 Å². The van der Waals surface area contributed by atoms with E-state index in [2.05, 4.69) is 15.6 Å². The fourth-order valence-electron chi connectivity index (χ4n) is 4.42. The van der Waals surface area contributed by atoms with E-state index in [9.17, 15) is 28.0 Å². The predicted molar refractivity (Wildman–Crippen MR) is 113 cm³/mol. The molecule has 1 saturated heterocycles. The van der Waals surface area contributed by atoms with Crippen molar-refractivity contribution in [3.05, 3.63) is 64.4 Å². The van der Waals surface area contributed by atoms with Gasteiger partial charge in [-0.2, -0.15) is 0 Å². The number of H-pyrrole nitrogens is 1. The van der Waals surface area contributed by atoms with Crippen LogP contribution in [0.25, 0.3) is 10.9 Å². The summed E-state index contributed by atoms with van der Waals surface area (Å²) < 4.78 is 27.6. The lowest BCUT2D eigenvalue weighted by atomic mass is 10.0. The molecule has 3 N–H and O–H groups in total. The molecule has 33 heavy (non-hydrogen) atoms. The molecule has 1 fully saturated rings. The van der Waals surface area contributed by atoms with Crippen molar-refractivity contribution in [3.63, 3.8) is 0 Å². The minimum Gasteiger partial charge on any atom is -0.348 e. The Kier molecular flexibility index (Phi) is 4.73. The summed E-state index contributed by atoms with van der Waals surface area (Å²) in [6.07, 6.45) is 0.414. The summed E-state index contributed by atoms with van der Waals surface area (Å²) in [6, 6.07) is 5.92. The number of amides is 4. The van der Waals surface area contributed by atoms with E-state index >= 15 is 0 Å². The number of carbonyl (C=O) groups is 4. The third kappa shape index (κ3) is 3.43. The van der Waals surface area contributed by atoms with Crippen LogP contribution in [0.3, 0.4) is 0 Å². The number of imide groups is 1. The topological polar surface area (TPSA) is 111 Å². The van der Waals surface area contributed by atoms with E-state index in [1.807, 2.05) is 0 Å². The number of hydrogen-bond donors (Lipinski definition) is 3. The van der Waals surface area contributed by atoms with E-state index in [-0.39, 0.29) is 47.8 Å². The molecule has 0 saturated carbocycles. The highest BCUT2D eigenvalue weighted by atomic mass is 19.1. The monoisotopic (exact) mass is 452 g/mol. The molecule has 3 heterocycles. The Morgan fingerprint density at radius 3 is 2.70 bits per heavy atom. The van der Waals surface area contributed by atoms with Gasteiger partial charge < -0.3 is 15.2 Å². The zero-order valence-electron chi connectivity index (χ0n) is 17.4. The van der Waals surface area contributed by atoms with Gasteiger partial charge in [-0.05, 0) is 48.7 Å². The van der Waals surface area contributed by atoms with Gasteiger partial charge in [-0.1, -0.05) is 0 Å². The molecule has 0 bridgehead atoms. The van der Waals surface area contributed by atoms with Crippen LogP contribution in [-0.2, 0) is 16.1 Å². The number of anilines is 1. The molecule has 168 valence electrons. The largest absolute Gasteiger partial charge is 0.348 e. The zero-order valence-corrected chi connectivity index (χ0v) is 17.4. The standard InChI is InChI=1S/C23H18F2N4O4/c1-10-15-7-12(24)8-16(25)20(15)28-19(10)22(32)26-13-2-3-14-11(6-13)9-29(23(14)33)17-4-5-18(30)27-21(17)31/h2-3,6-8,17,28H,4-5,9H2,1H3,(H,26,32)(H,27,30,31). The van der Waals surface area contributed by atoms with Crippen molar-refractivity contribution in [2.75, 3.05) is 5.32 Å². The second-order valence-electron chi connectivity index (χ2n) is 8.16. The number of benzene rings is 2. The Morgan fingerprint density at radius 2 is 1.94 bits per heavy atom. The van der Waals surface area contributed by atoms with Crippen LogP contribution in [0.15, 0.2) is 30.3 Å². The van der Waals surface area contributed by atoms with Gasteiger partial charge in [0.2, 0.25) is 11.8 Å². The average molecular weight is 452 g/mol. The van der Waals surface area contributed by atoms with Crippen molar-refractivity contribution in [3.8, 4) is 0 Å². The fraction of sp³-hybridized carbons (Fsp3) is 0.217. The number of carbonyl (C=O) groups excluding carboxylic acids is 4. The number of rotatable bonds is 3. The minimum atomic E-state index is -0.795. The van der Waals surface area contributed by atoms with Crippen LogP contribution in [-0.4, -0.2) is 39.6 Å². The molecule has 3 aromatic rings. The lowest BCUT2D eigenvalue weighted by Crippen LogP contribution is -2.52. The first kappa shape index (κ1) is 20.8. The Morgan fingerprint density at radius 1 is 1.15 bits per heavy atom. The number of nitrogens with one attached hydrogen (secondary N) is 3. The van der Waals surface area contributed by atoms with Crippen molar-refractivity contribution in [2.45, 2.75) is 32.4 Å². The molecule has 0 spiro atoms. The Bertz CT molecular complexity index is 1380. The number of aromatic nitrogens is 1. The molecule has 2 aliphatic heterocycles. The highest BCUT2D eigenvalue weighted by Crippen LogP contribution is 2.30. The van der Waals surface area contributed by atoms with Gasteiger partial charge in [0.25, 0.3) is 11.8 Å². The molecular formula is C23H18F2N4O4. The van der Waals surface area contributed by atoms with Crippen LogP contribution < -0.4 is 10.6 Å². The number of hydrogen-bond acceptors (Lipinski definition) is 4. The van der Waals surface area contributed by atoms with Gasteiger partial charge in [0.15, 0.2) is 0 Å². The van der Waals surface area contributed by atoms with Gasteiger partial charge in [-0.15, -0.1) is 0 Å². The van der Waals surface area contributed by atoms with Crippen LogP contribution in [0, 0.1) is 18.6 Å². The second-order valence-corrected chi connectivity index (χ2v) is 8.16. The maximum atomic E-state index is 14.1. The van der Waals surface area contributed by atoms with Crippen molar-refractivity contribution in [2.24, 2.45) is 0 Å². The van der Waals surface area contributed by atoms with Gasteiger partial charge in [-0.25, -0.2) is 8.78 Å². The summed E-state index contributed by atoms with van der Waals surface area (Å²) in [4.78, 5) is 53.3. The van der Waals surface area contributed by atoms with Crippen molar-refractivity contribution < 1.29 is 28.0 Å². The molecule has 8 nitrogen and oxygen atoms in total. The van der Waals surface area contributed by atoms with E-state index in [1.165, 1.54) is 4.90 Å². The van der Waals surface area contributed by atoms with E-state index in [4.69, 9.17) is 0 Å². The lowest BCUT2D eigenvalue weighted by Gasteiger charge is -2.29. The summed E-state index contributed by atoms with van der Waals surface area (Å²) in [5.74, 6) is -3.26. The van der Waals surface area contributed by atoms with E-state index < -0.39 is 29.5 Å². The second kappa shape index (κ2) is 7.51. The highest BCUT2D eigenvalue weighted by molar-refractivity contribution is 6.09. The quantitative estimate of drug-likeness (QED) is 0.531.